The molecule has 0 spiro atoms. The van der Waals surface area contributed by atoms with Crippen molar-refractivity contribution in [1.29, 1.82) is 0 Å². The van der Waals surface area contributed by atoms with Crippen molar-refractivity contribution in [2.75, 3.05) is 6.61 Å². The summed E-state index contributed by atoms with van der Waals surface area (Å²) in [4.78, 5) is 0. The average molecular weight is 466 g/mol. The van der Waals surface area contributed by atoms with E-state index < -0.39 is 0 Å². The maximum Gasteiger partial charge on any atom is 0.191 e. The number of allylic oxidation sites excluding steroid dienone is 1. The number of hydrogen-bond acceptors (Lipinski definition) is 4. The zero-order chi connectivity index (χ0) is 21.5. The van der Waals surface area contributed by atoms with Crippen LogP contribution in [0.25, 0.3) is 0 Å². The first-order valence-corrected chi connectivity index (χ1v) is 11.2. The molecule has 0 saturated carbocycles. The molecular weight excluding hydrogens is 444 g/mol. The van der Waals surface area contributed by atoms with Crippen LogP contribution in [0.5, 0.6) is 5.75 Å². The van der Waals surface area contributed by atoms with Crippen molar-refractivity contribution >= 4 is 35.0 Å². The molecule has 0 amide bonds. The van der Waals surface area contributed by atoms with Crippen molar-refractivity contribution < 1.29 is 9.13 Å². The lowest BCUT2D eigenvalue weighted by atomic mass is 10.2. The van der Waals surface area contributed by atoms with Gasteiger partial charge in [0.15, 0.2) is 5.16 Å². The Bertz CT molecular complexity index is 1030. The largest absolute Gasteiger partial charge is 0.493 e. The van der Waals surface area contributed by atoms with E-state index in [1.807, 2.05) is 35.8 Å². The van der Waals surface area contributed by atoms with Crippen LogP contribution < -0.4 is 4.74 Å². The maximum absolute atomic E-state index is 13.2. The number of aryl methyl sites for hydroxylation is 2. The molecule has 1 aromatic heterocycles. The monoisotopic (exact) mass is 465 g/mol. The molecule has 0 saturated heterocycles. The summed E-state index contributed by atoms with van der Waals surface area (Å²) in [6.45, 7) is 6.98. The van der Waals surface area contributed by atoms with Gasteiger partial charge in [-0.05, 0) is 54.8 Å². The molecule has 0 aliphatic carbocycles. The second-order valence-corrected chi connectivity index (χ2v) is 8.47. The van der Waals surface area contributed by atoms with Gasteiger partial charge in [0.2, 0.25) is 0 Å². The minimum Gasteiger partial charge on any atom is -0.493 e. The predicted octanol–water partition coefficient (Wildman–Crippen LogP) is 6.52. The van der Waals surface area contributed by atoms with Gasteiger partial charge in [-0.1, -0.05) is 47.1 Å². The fourth-order valence-electron chi connectivity index (χ4n) is 2.89. The Morgan fingerprint density at radius 3 is 2.77 bits per heavy atom. The highest BCUT2D eigenvalue weighted by Gasteiger charge is 2.13. The van der Waals surface area contributed by atoms with Gasteiger partial charge in [0.05, 0.1) is 6.61 Å². The number of ether oxygens (including phenoxy) is 1. The Hall–Kier alpha value is -2.02. The topological polar surface area (TPSA) is 39.9 Å². The lowest BCUT2D eigenvalue weighted by molar-refractivity contribution is 0.307. The third-order valence-electron chi connectivity index (χ3n) is 4.42. The average Bonchev–Trinajstić information content (AvgIpc) is 3.08. The molecule has 0 aliphatic heterocycles. The van der Waals surface area contributed by atoms with E-state index >= 15 is 0 Å². The second kappa shape index (κ2) is 10.8. The third kappa shape index (κ3) is 6.00. The van der Waals surface area contributed by atoms with Crippen LogP contribution in [0.3, 0.4) is 0 Å². The Morgan fingerprint density at radius 1 is 1.20 bits per heavy atom. The van der Waals surface area contributed by atoms with Crippen molar-refractivity contribution in [3.8, 4) is 5.75 Å². The molecule has 0 fully saturated rings. The zero-order valence-electron chi connectivity index (χ0n) is 16.6. The molecule has 3 aromatic rings. The minimum atomic E-state index is -0.345. The molecule has 8 heteroatoms. The van der Waals surface area contributed by atoms with Gasteiger partial charge >= 0.3 is 0 Å². The maximum atomic E-state index is 13.2. The van der Waals surface area contributed by atoms with Crippen LogP contribution in [0.15, 0.2) is 54.2 Å². The van der Waals surface area contributed by atoms with Crippen LogP contribution in [0.2, 0.25) is 10.0 Å². The molecule has 158 valence electrons. The number of benzene rings is 2. The van der Waals surface area contributed by atoms with Gasteiger partial charge in [-0.3, -0.25) is 0 Å². The highest BCUT2D eigenvalue weighted by molar-refractivity contribution is 7.98. The first-order chi connectivity index (χ1) is 14.5. The molecule has 0 unspecified atom stereocenters. The van der Waals surface area contributed by atoms with Gasteiger partial charge in [-0.25, -0.2) is 4.39 Å². The lowest BCUT2D eigenvalue weighted by Crippen LogP contribution is -2.07. The molecule has 4 nitrogen and oxygen atoms in total. The summed E-state index contributed by atoms with van der Waals surface area (Å²) in [7, 11) is 0. The summed E-state index contributed by atoms with van der Waals surface area (Å²) in [6.07, 6.45) is 3.34. The number of rotatable bonds is 10. The normalized spacial score (nSPS) is 10.9. The van der Waals surface area contributed by atoms with Crippen molar-refractivity contribution in [2.24, 2.45) is 0 Å². The van der Waals surface area contributed by atoms with Crippen LogP contribution in [0.4, 0.5) is 4.39 Å². The van der Waals surface area contributed by atoms with E-state index in [4.69, 9.17) is 27.9 Å². The number of halogens is 3. The molecule has 0 bridgehead atoms. The van der Waals surface area contributed by atoms with Crippen molar-refractivity contribution in [2.45, 2.75) is 37.2 Å². The molecule has 0 atom stereocenters. The molecular formula is C22H22Cl2FN3OS. The molecule has 30 heavy (non-hydrogen) atoms. The van der Waals surface area contributed by atoms with Crippen molar-refractivity contribution in [3.63, 3.8) is 0 Å². The van der Waals surface area contributed by atoms with E-state index in [2.05, 4.69) is 16.8 Å². The van der Waals surface area contributed by atoms with Gasteiger partial charge < -0.3 is 9.30 Å². The van der Waals surface area contributed by atoms with Crippen LogP contribution in [-0.2, 0) is 18.7 Å². The minimum absolute atomic E-state index is 0.345. The number of nitrogens with zero attached hydrogens (tertiary/aromatic N) is 3. The summed E-state index contributed by atoms with van der Waals surface area (Å²) in [5, 5.41) is 10.5. The van der Waals surface area contributed by atoms with Gasteiger partial charge in [0, 0.05) is 28.8 Å². The van der Waals surface area contributed by atoms with Gasteiger partial charge in [-0.2, -0.15) is 0 Å². The molecule has 0 aliphatic rings. The van der Waals surface area contributed by atoms with E-state index in [1.54, 1.807) is 6.07 Å². The Balaban J connectivity index is 1.58. The molecule has 1 heterocycles. The van der Waals surface area contributed by atoms with Gasteiger partial charge in [0.1, 0.15) is 17.4 Å². The van der Waals surface area contributed by atoms with Crippen molar-refractivity contribution in [3.05, 3.63) is 81.9 Å². The smallest absolute Gasteiger partial charge is 0.191 e. The van der Waals surface area contributed by atoms with Crippen LogP contribution in [0.1, 0.15) is 23.4 Å². The Labute approximate surface area is 190 Å². The van der Waals surface area contributed by atoms with Gasteiger partial charge in [-0.15, -0.1) is 16.8 Å². The van der Waals surface area contributed by atoms with Crippen LogP contribution in [-0.4, -0.2) is 21.4 Å². The SMILES string of the molecule is C=CCn1c(CCCOc2ccc(Cl)cc2C)nnc1SCc1ccc(F)cc1Cl. The molecule has 3 rings (SSSR count). The van der Waals surface area contributed by atoms with E-state index in [1.165, 1.54) is 23.9 Å². The molecule has 2 aromatic carbocycles. The quantitative estimate of drug-likeness (QED) is 0.194. The summed E-state index contributed by atoms with van der Waals surface area (Å²) in [5.41, 5.74) is 1.86. The predicted molar refractivity (Wildman–Crippen MR) is 121 cm³/mol. The summed E-state index contributed by atoms with van der Waals surface area (Å²) in [5.74, 6) is 1.94. The summed E-state index contributed by atoms with van der Waals surface area (Å²) < 4.78 is 21.1. The number of hydrogen-bond donors (Lipinski definition) is 0. The van der Waals surface area contributed by atoms with E-state index in [9.17, 15) is 4.39 Å². The second-order valence-electron chi connectivity index (χ2n) is 6.68. The lowest BCUT2D eigenvalue weighted by Gasteiger charge is -2.10. The Morgan fingerprint density at radius 2 is 2.03 bits per heavy atom. The molecule has 0 N–H and O–H groups in total. The van der Waals surface area contributed by atoms with Crippen molar-refractivity contribution in [1.82, 2.24) is 14.8 Å². The molecule has 0 radical (unpaired) electrons. The standard InChI is InChI=1S/C22H22Cl2FN3OS/c1-3-10-28-21(5-4-11-29-20-9-7-17(23)12-15(20)2)26-27-22(28)30-14-16-6-8-18(25)13-19(16)24/h3,6-9,12-13H,1,4-5,10-11,14H2,2H3. The summed E-state index contributed by atoms with van der Waals surface area (Å²) >= 11 is 13.6. The first-order valence-electron chi connectivity index (χ1n) is 9.46. The van der Waals surface area contributed by atoms with E-state index in [-0.39, 0.29) is 5.82 Å². The van der Waals surface area contributed by atoms with E-state index in [0.717, 1.165) is 40.7 Å². The zero-order valence-corrected chi connectivity index (χ0v) is 18.9. The number of aromatic nitrogens is 3. The van der Waals surface area contributed by atoms with E-state index in [0.29, 0.717) is 28.9 Å². The van der Waals surface area contributed by atoms with Crippen LogP contribution in [0, 0.1) is 12.7 Å². The summed E-state index contributed by atoms with van der Waals surface area (Å²) in [6, 6.07) is 10.0. The highest BCUT2D eigenvalue weighted by atomic mass is 35.5. The first kappa shape index (κ1) is 22.7. The fourth-order valence-corrected chi connectivity index (χ4v) is 4.40. The third-order valence-corrected chi connectivity index (χ3v) is 6.02. The number of thioether (sulfide) groups is 1. The Kier molecular flexibility index (Phi) is 8.19. The van der Waals surface area contributed by atoms with Crippen LogP contribution >= 0.6 is 35.0 Å². The highest BCUT2D eigenvalue weighted by Crippen LogP contribution is 2.27. The fraction of sp³-hybridized carbons (Fsp3) is 0.273. The van der Waals surface area contributed by atoms with Gasteiger partial charge in [0.25, 0.3) is 0 Å².